The number of halogens is 5. The van der Waals surface area contributed by atoms with Crippen LogP contribution in [-0.2, 0) is 13.0 Å². The number of benzene rings is 1. The third kappa shape index (κ3) is 4.36. The molecule has 112 valence electrons. The van der Waals surface area contributed by atoms with Crippen LogP contribution in [0.1, 0.15) is 11.3 Å². The molecule has 0 unspecified atom stereocenters. The molecule has 9 heteroatoms. The van der Waals surface area contributed by atoms with Crippen molar-refractivity contribution in [1.29, 1.82) is 0 Å². The average Bonchev–Trinajstić information content (AvgIpc) is 2.74. The van der Waals surface area contributed by atoms with Crippen molar-refractivity contribution < 1.29 is 13.2 Å². The van der Waals surface area contributed by atoms with E-state index in [1.54, 1.807) is 6.20 Å². The van der Waals surface area contributed by atoms with Gasteiger partial charge in [-0.2, -0.15) is 0 Å². The molecule has 2 rings (SSSR count). The Balaban J connectivity index is 0.00000180. The molecular formula is C11H13Cl2F3N4. The van der Waals surface area contributed by atoms with E-state index in [1.807, 2.05) is 0 Å². The molecule has 2 N–H and O–H groups in total. The van der Waals surface area contributed by atoms with Crippen molar-refractivity contribution in [2.75, 3.05) is 6.54 Å². The second-order valence-corrected chi connectivity index (χ2v) is 3.80. The van der Waals surface area contributed by atoms with Gasteiger partial charge in [0.1, 0.15) is 5.82 Å². The van der Waals surface area contributed by atoms with Gasteiger partial charge in [0, 0.05) is 24.2 Å². The van der Waals surface area contributed by atoms with Crippen molar-refractivity contribution in [3.63, 3.8) is 0 Å². The van der Waals surface area contributed by atoms with Gasteiger partial charge in [-0.1, -0.05) is 5.21 Å². The van der Waals surface area contributed by atoms with Gasteiger partial charge in [0.2, 0.25) is 0 Å². The van der Waals surface area contributed by atoms with Gasteiger partial charge in [-0.05, 0) is 12.6 Å². The summed E-state index contributed by atoms with van der Waals surface area (Å²) in [4.78, 5) is 0. The highest BCUT2D eigenvalue weighted by molar-refractivity contribution is 5.85. The quantitative estimate of drug-likeness (QED) is 0.874. The maximum Gasteiger partial charge on any atom is 0.161 e. The zero-order valence-electron chi connectivity index (χ0n) is 10.2. The fourth-order valence-electron chi connectivity index (χ4n) is 1.54. The van der Waals surface area contributed by atoms with E-state index in [1.165, 1.54) is 4.68 Å². The smallest absolute Gasteiger partial charge is 0.161 e. The molecule has 0 bridgehead atoms. The zero-order chi connectivity index (χ0) is 13.1. The number of hydrogen-bond acceptors (Lipinski definition) is 3. The number of hydrogen-bond donors (Lipinski definition) is 1. The summed E-state index contributed by atoms with van der Waals surface area (Å²) >= 11 is 0. The lowest BCUT2D eigenvalue weighted by atomic mass is 10.2. The monoisotopic (exact) mass is 328 g/mol. The molecule has 20 heavy (non-hydrogen) atoms. The van der Waals surface area contributed by atoms with Gasteiger partial charge in [0.25, 0.3) is 0 Å². The maximum atomic E-state index is 13.4. The third-order valence-electron chi connectivity index (χ3n) is 2.41. The summed E-state index contributed by atoms with van der Waals surface area (Å²) in [7, 11) is 0. The highest BCUT2D eigenvalue weighted by Crippen LogP contribution is 2.14. The van der Waals surface area contributed by atoms with Crippen LogP contribution in [0.25, 0.3) is 0 Å². The van der Waals surface area contributed by atoms with Crippen LogP contribution in [0.15, 0.2) is 18.3 Å². The van der Waals surface area contributed by atoms with Gasteiger partial charge in [-0.25, -0.2) is 17.9 Å². The highest BCUT2D eigenvalue weighted by atomic mass is 35.5. The average molecular weight is 329 g/mol. The summed E-state index contributed by atoms with van der Waals surface area (Å²) in [5.41, 5.74) is 6.03. The molecule has 0 aliphatic heterocycles. The second-order valence-electron chi connectivity index (χ2n) is 3.80. The van der Waals surface area contributed by atoms with E-state index in [-0.39, 0.29) is 36.9 Å². The molecule has 0 aliphatic carbocycles. The first kappa shape index (κ1) is 18.7. The Morgan fingerprint density at radius 3 is 2.35 bits per heavy atom. The van der Waals surface area contributed by atoms with Crippen LogP contribution in [-0.4, -0.2) is 21.5 Å². The molecule has 0 saturated carbocycles. The minimum absolute atomic E-state index is 0. The Labute approximate surface area is 126 Å². The van der Waals surface area contributed by atoms with Crippen LogP contribution < -0.4 is 5.73 Å². The Bertz CT molecular complexity index is 563. The van der Waals surface area contributed by atoms with Crippen LogP contribution in [0.2, 0.25) is 0 Å². The van der Waals surface area contributed by atoms with Crippen LogP contribution in [0, 0.1) is 17.5 Å². The first-order valence-electron chi connectivity index (χ1n) is 5.32. The molecule has 1 aromatic carbocycles. The van der Waals surface area contributed by atoms with Crippen LogP contribution in [0.3, 0.4) is 0 Å². The van der Waals surface area contributed by atoms with E-state index in [9.17, 15) is 13.2 Å². The molecule has 0 fully saturated rings. The minimum Gasteiger partial charge on any atom is -0.330 e. The van der Waals surface area contributed by atoms with E-state index < -0.39 is 17.5 Å². The largest absolute Gasteiger partial charge is 0.330 e. The molecule has 1 aromatic heterocycles. The maximum absolute atomic E-state index is 13.4. The Kier molecular flexibility index (Phi) is 7.55. The fourth-order valence-corrected chi connectivity index (χ4v) is 1.54. The topological polar surface area (TPSA) is 56.7 Å². The standard InChI is InChI=1S/C11H11F3N4.2ClH/c12-9-4-11(14)10(13)3-7(9)5-18-6-8(1-2-15)16-17-18;;/h3-4,6H,1-2,5,15H2;2*1H. The van der Waals surface area contributed by atoms with Crippen molar-refractivity contribution in [2.45, 2.75) is 13.0 Å². The van der Waals surface area contributed by atoms with Gasteiger partial charge in [-0.15, -0.1) is 29.9 Å². The SMILES string of the molecule is Cl.Cl.NCCc1cn(Cc2cc(F)c(F)cc2F)nn1. The lowest BCUT2D eigenvalue weighted by Crippen LogP contribution is -2.04. The predicted octanol–water partition coefficient (Wildman–Crippen LogP) is 2.09. The molecule has 0 atom stereocenters. The molecule has 4 nitrogen and oxygen atoms in total. The Morgan fingerprint density at radius 2 is 1.70 bits per heavy atom. The number of nitrogens with zero attached hydrogens (tertiary/aromatic N) is 3. The fraction of sp³-hybridized carbons (Fsp3) is 0.273. The van der Waals surface area contributed by atoms with Gasteiger partial charge in [-0.3, -0.25) is 0 Å². The summed E-state index contributed by atoms with van der Waals surface area (Å²) in [6, 6.07) is 1.33. The Hall–Kier alpha value is -1.31. The lowest BCUT2D eigenvalue weighted by Gasteiger charge is -2.03. The predicted molar refractivity (Wildman–Crippen MR) is 72.7 cm³/mol. The molecule has 0 amide bonds. The van der Waals surface area contributed by atoms with Crippen molar-refractivity contribution in [2.24, 2.45) is 5.73 Å². The minimum atomic E-state index is -1.21. The zero-order valence-corrected chi connectivity index (χ0v) is 11.9. The van der Waals surface area contributed by atoms with E-state index in [2.05, 4.69) is 10.3 Å². The number of rotatable bonds is 4. The molecule has 0 aliphatic rings. The molecule has 1 heterocycles. The highest BCUT2D eigenvalue weighted by Gasteiger charge is 2.11. The lowest BCUT2D eigenvalue weighted by molar-refractivity contribution is 0.485. The van der Waals surface area contributed by atoms with Gasteiger partial charge >= 0.3 is 0 Å². The van der Waals surface area contributed by atoms with E-state index >= 15 is 0 Å². The summed E-state index contributed by atoms with van der Waals surface area (Å²) in [5, 5.41) is 7.57. The van der Waals surface area contributed by atoms with E-state index in [4.69, 9.17) is 5.73 Å². The first-order valence-corrected chi connectivity index (χ1v) is 5.32. The molecule has 0 radical (unpaired) electrons. The molecule has 2 aromatic rings. The van der Waals surface area contributed by atoms with Gasteiger partial charge < -0.3 is 5.73 Å². The number of aromatic nitrogens is 3. The summed E-state index contributed by atoms with van der Waals surface area (Å²) in [5.74, 6) is -3.11. The van der Waals surface area contributed by atoms with Crippen LogP contribution >= 0.6 is 24.8 Å². The summed E-state index contributed by atoms with van der Waals surface area (Å²) in [6.45, 7) is 0.416. The van der Waals surface area contributed by atoms with Crippen molar-refractivity contribution in [3.8, 4) is 0 Å². The summed E-state index contributed by atoms with van der Waals surface area (Å²) in [6.07, 6.45) is 2.15. The van der Waals surface area contributed by atoms with Crippen LogP contribution in [0.4, 0.5) is 13.2 Å². The van der Waals surface area contributed by atoms with Crippen molar-refractivity contribution >= 4 is 24.8 Å². The van der Waals surface area contributed by atoms with Crippen molar-refractivity contribution in [3.05, 3.63) is 47.0 Å². The Morgan fingerprint density at radius 1 is 1.05 bits per heavy atom. The second kappa shape index (κ2) is 8.08. The third-order valence-corrected chi connectivity index (χ3v) is 2.41. The molecular weight excluding hydrogens is 316 g/mol. The van der Waals surface area contributed by atoms with Gasteiger partial charge in [0.05, 0.1) is 12.2 Å². The van der Waals surface area contributed by atoms with Crippen LogP contribution in [0.5, 0.6) is 0 Å². The summed E-state index contributed by atoms with van der Waals surface area (Å²) < 4.78 is 40.5. The first-order chi connectivity index (χ1) is 8.60. The van der Waals surface area contributed by atoms with Gasteiger partial charge in [0.15, 0.2) is 11.6 Å². The molecule has 0 spiro atoms. The van der Waals surface area contributed by atoms with Crippen molar-refractivity contribution in [1.82, 2.24) is 15.0 Å². The molecule has 0 saturated heterocycles. The van der Waals surface area contributed by atoms with E-state index in [0.717, 1.165) is 6.07 Å². The number of nitrogens with two attached hydrogens (primary N) is 1. The normalized spacial score (nSPS) is 9.80. The van der Waals surface area contributed by atoms with E-state index in [0.29, 0.717) is 24.7 Å².